The van der Waals surface area contributed by atoms with Gasteiger partial charge >= 0.3 is 0 Å². The molecule has 0 spiro atoms. The summed E-state index contributed by atoms with van der Waals surface area (Å²) in [6.07, 6.45) is 1.47. The maximum atomic E-state index is 9.14. The zero-order valence-electron chi connectivity index (χ0n) is 13.3. The SMILES string of the molecule is COc1cc(OC)cc(/C(=C/C#N)c2ccc(OC)c(N)c2)c1. The molecule has 2 aromatic carbocycles. The smallest absolute Gasteiger partial charge is 0.141 e. The number of nitrogens with two attached hydrogens (primary N) is 1. The normalized spacial score (nSPS) is 10.8. The van der Waals surface area contributed by atoms with Crippen molar-refractivity contribution in [1.29, 1.82) is 5.26 Å². The first-order valence-corrected chi connectivity index (χ1v) is 6.90. The van der Waals surface area contributed by atoms with Gasteiger partial charge in [0.15, 0.2) is 0 Å². The molecular formula is C18H18N2O3. The molecule has 0 heterocycles. The van der Waals surface area contributed by atoms with E-state index in [2.05, 4.69) is 6.07 Å². The van der Waals surface area contributed by atoms with Crippen LogP contribution in [0, 0.1) is 11.3 Å². The van der Waals surface area contributed by atoms with E-state index in [1.807, 2.05) is 18.2 Å². The number of allylic oxidation sites excluding steroid dienone is 1. The summed E-state index contributed by atoms with van der Waals surface area (Å²) in [4.78, 5) is 0. The number of hydrogen-bond donors (Lipinski definition) is 1. The van der Waals surface area contributed by atoms with E-state index in [1.54, 1.807) is 39.5 Å². The van der Waals surface area contributed by atoms with Crippen molar-refractivity contribution >= 4 is 11.3 Å². The fourth-order valence-electron chi connectivity index (χ4n) is 2.26. The largest absolute Gasteiger partial charge is 0.497 e. The molecule has 5 nitrogen and oxygen atoms in total. The molecule has 0 atom stereocenters. The number of methoxy groups -OCH3 is 3. The first-order chi connectivity index (χ1) is 11.1. The van der Waals surface area contributed by atoms with Crippen molar-refractivity contribution in [2.45, 2.75) is 0 Å². The Labute approximate surface area is 135 Å². The summed E-state index contributed by atoms with van der Waals surface area (Å²) >= 11 is 0. The predicted octanol–water partition coefficient (Wildman–Crippen LogP) is 3.25. The second kappa shape index (κ2) is 7.23. The highest BCUT2D eigenvalue weighted by molar-refractivity contribution is 5.84. The fourth-order valence-corrected chi connectivity index (χ4v) is 2.26. The highest BCUT2D eigenvalue weighted by atomic mass is 16.5. The second-order valence-corrected chi connectivity index (χ2v) is 4.75. The lowest BCUT2D eigenvalue weighted by Crippen LogP contribution is -1.96. The number of nitrogens with zero attached hydrogens (tertiary/aromatic N) is 1. The average molecular weight is 310 g/mol. The monoisotopic (exact) mass is 310 g/mol. The van der Waals surface area contributed by atoms with E-state index >= 15 is 0 Å². The van der Waals surface area contributed by atoms with E-state index < -0.39 is 0 Å². The van der Waals surface area contributed by atoms with E-state index in [4.69, 9.17) is 25.2 Å². The Morgan fingerprint density at radius 3 is 2.09 bits per heavy atom. The van der Waals surface area contributed by atoms with Gasteiger partial charge in [0.1, 0.15) is 17.2 Å². The van der Waals surface area contributed by atoms with Crippen molar-refractivity contribution in [3.05, 3.63) is 53.6 Å². The number of hydrogen-bond acceptors (Lipinski definition) is 5. The van der Waals surface area contributed by atoms with Crippen LogP contribution in [-0.2, 0) is 0 Å². The lowest BCUT2D eigenvalue weighted by atomic mass is 9.96. The van der Waals surface area contributed by atoms with Crippen LogP contribution in [0.15, 0.2) is 42.5 Å². The average Bonchev–Trinajstić information content (AvgIpc) is 2.59. The van der Waals surface area contributed by atoms with Crippen molar-refractivity contribution < 1.29 is 14.2 Å². The number of nitriles is 1. The molecule has 118 valence electrons. The molecule has 0 aliphatic heterocycles. The van der Waals surface area contributed by atoms with Crippen LogP contribution in [-0.4, -0.2) is 21.3 Å². The predicted molar refractivity (Wildman–Crippen MR) is 89.6 cm³/mol. The molecule has 0 bridgehead atoms. The second-order valence-electron chi connectivity index (χ2n) is 4.75. The van der Waals surface area contributed by atoms with Gasteiger partial charge in [-0.25, -0.2) is 0 Å². The van der Waals surface area contributed by atoms with Crippen LogP contribution < -0.4 is 19.9 Å². The summed E-state index contributed by atoms with van der Waals surface area (Å²) in [5.74, 6) is 1.88. The fraction of sp³-hybridized carbons (Fsp3) is 0.167. The van der Waals surface area contributed by atoms with Crippen molar-refractivity contribution in [1.82, 2.24) is 0 Å². The minimum absolute atomic E-state index is 0.503. The number of rotatable bonds is 5. The third-order valence-electron chi connectivity index (χ3n) is 3.41. The topological polar surface area (TPSA) is 77.5 Å². The molecule has 0 aliphatic carbocycles. The highest BCUT2D eigenvalue weighted by Gasteiger charge is 2.11. The van der Waals surface area contributed by atoms with Gasteiger partial charge in [0.05, 0.1) is 33.1 Å². The number of anilines is 1. The molecule has 0 saturated heterocycles. The number of nitrogen functional groups attached to an aromatic ring is 1. The number of ether oxygens (including phenoxy) is 3. The lowest BCUT2D eigenvalue weighted by Gasteiger charge is -2.13. The first-order valence-electron chi connectivity index (χ1n) is 6.90. The molecule has 2 rings (SSSR count). The molecule has 0 unspecified atom stereocenters. The maximum Gasteiger partial charge on any atom is 0.141 e. The lowest BCUT2D eigenvalue weighted by molar-refractivity contribution is 0.394. The van der Waals surface area contributed by atoms with Gasteiger partial charge in [-0.1, -0.05) is 6.07 Å². The molecule has 23 heavy (non-hydrogen) atoms. The van der Waals surface area contributed by atoms with Crippen LogP contribution in [0.4, 0.5) is 5.69 Å². The Bertz CT molecular complexity index is 754. The minimum Gasteiger partial charge on any atom is -0.497 e. The third-order valence-corrected chi connectivity index (χ3v) is 3.41. The van der Waals surface area contributed by atoms with Crippen LogP contribution in [0.25, 0.3) is 5.57 Å². The van der Waals surface area contributed by atoms with Crippen LogP contribution in [0.2, 0.25) is 0 Å². The molecule has 0 aliphatic rings. The number of benzene rings is 2. The summed E-state index contributed by atoms with van der Waals surface area (Å²) in [6, 6.07) is 12.9. The van der Waals surface area contributed by atoms with Crippen LogP contribution in [0.1, 0.15) is 11.1 Å². The Kier molecular flexibility index (Phi) is 5.11. The van der Waals surface area contributed by atoms with Gasteiger partial charge in [0, 0.05) is 12.1 Å². The first kappa shape index (κ1) is 16.2. The van der Waals surface area contributed by atoms with Gasteiger partial charge in [0.25, 0.3) is 0 Å². The summed E-state index contributed by atoms with van der Waals surface area (Å²) in [6.45, 7) is 0. The molecule has 0 saturated carbocycles. The molecule has 0 amide bonds. The molecule has 2 N–H and O–H groups in total. The zero-order chi connectivity index (χ0) is 16.8. The zero-order valence-corrected chi connectivity index (χ0v) is 13.3. The van der Waals surface area contributed by atoms with E-state index in [0.717, 1.165) is 16.7 Å². The van der Waals surface area contributed by atoms with Crippen molar-refractivity contribution in [3.63, 3.8) is 0 Å². The Morgan fingerprint density at radius 2 is 1.61 bits per heavy atom. The van der Waals surface area contributed by atoms with Gasteiger partial charge in [0.2, 0.25) is 0 Å². The molecule has 5 heteroatoms. The molecule has 2 aromatic rings. The Balaban J connectivity index is 2.58. The van der Waals surface area contributed by atoms with Gasteiger partial charge in [-0.3, -0.25) is 0 Å². The quantitative estimate of drug-likeness (QED) is 0.677. The summed E-state index contributed by atoms with van der Waals surface area (Å²) < 4.78 is 15.7. The Morgan fingerprint density at radius 1 is 0.957 bits per heavy atom. The van der Waals surface area contributed by atoms with E-state index in [1.165, 1.54) is 6.08 Å². The minimum atomic E-state index is 0.503. The van der Waals surface area contributed by atoms with E-state index in [0.29, 0.717) is 22.9 Å². The van der Waals surface area contributed by atoms with E-state index in [-0.39, 0.29) is 0 Å². The van der Waals surface area contributed by atoms with Gasteiger partial charge in [-0.15, -0.1) is 0 Å². The third kappa shape index (κ3) is 3.55. The van der Waals surface area contributed by atoms with Crippen molar-refractivity contribution in [2.75, 3.05) is 27.1 Å². The molecule has 0 fully saturated rings. The maximum absolute atomic E-state index is 9.14. The highest BCUT2D eigenvalue weighted by Crippen LogP contribution is 2.33. The van der Waals surface area contributed by atoms with Crippen molar-refractivity contribution in [2.24, 2.45) is 0 Å². The van der Waals surface area contributed by atoms with E-state index in [9.17, 15) is 0 Å². The summed E-state index contributed by atoms with van der Waals surface area (Å²) in [7, 11) is 4.72. The van der Waals surface area contributed by atoms with Gasteiger partial charge in [-0.2, -0.15) is 5.26 Å². The van der Waals surface area contributed by atoms with Gasteiger partial charge < -0.3 is 19.9 Å². The summed E-state index contributed by atoms with van der Waals surface area (Å²) in [5.41, 5.74) is 8.80. The van der Waals surface area contributed by atoms with Crippen LogP contribution >= 0.6 is 0 Å². The van der Waals surface area contributed by atoms with Gasteiger partial charge in [-0.05, 0) is 41.0 Å². The summed E-state index contributed by atoms with van der Waals surface area (Å²) in [5, 5.41) is 9.14. The van der Waals surface area contributed by atoms with Crippen LogP contribution in [0.3, 0.4) is 0 Å². The standard InChI is InChI=1S/C18H18N2O3/c1-21-14-8-13(9-15(11-14)22-2)16(6-7-19)12-4-5-18(23-3)17(20)10-12/h4-6,8-11H,20H2,1-3H3/b16-6+. The molecule has 0 aromatic heterocycles. The van der Waals surface area contributed by atoms with Crippen LogP contribution in [0.5, 0.6) is 17.2 Å². The molecule has 0 radical (unpaired) electrons. The Hall–Kier alpha value is -3.13. The van der Waals surface area contributed by atoms with Crippen molar-refractivity contribution in [3.8, 4) is 23.3 Å². The molecular weight excluding hydrogens is 292 g/mol.